The lowest BCUT2D eigenvalue weighted by molar-refractivity contribution is -0.121. The van der Waals surface area contributed by atoms with Gasteiger partial charge in [0.1, 0.15) is 5.82 Å². The number of nitrogens with two attached hydrogens (primary N) is 1. The zero-order chi connectivity index (χ0) is 20.5. The molecule has 4 N–H and O–H groups in total. The number of nitrogens with zero attached hydrogens (tertiary/aromatic N) is 1. The Morgan fingerprint density at radius 2 is 2.03 bits per heavy atom. The maximum absolute atomic E-state index is 13.1. The smallest absolute Gasteiger partial charge is 0.222 e. The highest BCUT2D eigenvalue weighted by Gasteiger charge is 2.26. The molecule has 0 saturated heterocycles. The molecule has 1 aromatic carbocycles. The average molecular weight is 538 g/mol. The summed E-state index contributed by atoms with van der Waals surface area (Å²) in [5.74, 6) is 0.142. The SMILES string of the molecule is CCS(=O)C1CCCC(NC(=NC)NCC(Cc2ccc(F)cc2)C(N)=O)C1.I. The van der Waals surface area contributed by atoms with Crippen LogP contribution in [0.15, 0.2) is 29.3 Å². The third kappa shape index (κ3) is 8.57. The Labute approximate surface area is 192 Å². The highest BCUT2D eigenvalue weighted by atomic mass is 127. The predicted octanol–water partition coefficient (Wildman–Crippen LogP) is 2.33. The van der Waals surface area contributed by atoms with Gasteiger partial charge in [-0.3, -0.25) is 14.0 Å². The zero-order valence-corrected chi connectivity index (χ0v) is 20.2. The number of hydrogen-bond acceptors (Lipinski definition) is 3. The van der Waals surface area contributed by atoms with Crippen molar-refractivity contribution in [1.82, 2.24) is 10.6 Å². The van der Waals surface area contributed by atoms with Crippen molar-refractivity contribution in [3.8, 4) is 0 Å². The second kappa shape index (κ2) is 13.1. The predicted molar refractivity (Wildman–Crippen MR) is 127 cm³/mol. The summed E-state index contributed by atoms with van der Waals surface area (Å²) in [5.41, 5.74) is 6.40. The fourth-order valence-electron chi connectivity index (χ4n) is 3.54. The van der Waals surface area contributed by atoms with E-state index in [0.717, 1.165) is 31.2 Å². The van der Waals surface area contributed by atoms with E-state index in [1.54, 1.807) is 19.2 Å². The molecule has 0 bridgehead atoms. The van der Waals surface area contributed by atoms with Gasteiger partial charge < -0.3 is 16.4 Å². The standard InChI is InChI=1S/C20H31FN4O2S.HI/c1-3-28(27)18-6-4-5-17(12-18)25-20(23-2)24-13-15(19(22)26)11-14-7-9-16(21)10-8-14;/h7-10,15,17-18H,3-6,11-13H2,1-2H3,(H2,22,26)(H2,23,24,25);1H. The normalized spacial score (nSPS) is 21.6. The molecule has 2 rings (SSSR count). The van der Waals surface area contributed by atoms with Crippen molar-refractivity contribution in [3.63, 3.8) is 0 Å². The second-order valence-electron chi connectivity index (χ2n) is 7.18. The van der Waals surface area contributed by atoms with Crippen LogP contribution in [0.2, 0.25) is 0 Å². The molecule has 0 aromatic heterocycles. The zero-order valence-electron chi connectivity index (χ0n) is 17.0. The molecule has 0 spiro atoms. The molecule has 9 heteroatoms. The van der Waals surface area contributed by atoms with Crippen molar-refractivity contribution in [3.05, 3.63) is 35.6 Å². The first-order chi connectivity index (χ1) is 13.4. The number of amides is 1. The summed E-state index contributed by atoms with van der Waals surface area (Å²) in [6.07, 6.45) is 4.34. The lowest BCUT2D eigenvalue weighted by Crippen LogP contribution is -2.48. The van der Waals surface area contributed by atoms with E-state index in [-0.39, 0.29) is 41.1 Å². The van der Waals surface area contributed by atoms with Crippen LogP contribution < -0.4 is 16.4 Å². The lowest BCUT2D eigenvalue weighted by atomic mass is 9.95. The summed E-state index contributed by atoms with van der Waals surface area (Å²) in [7, 11) is 0.899. The number of hydrogen-bond donors (Lipinski definition) is 3. The van der Waals surface area contributed by atoms with E-state index >= 15 is 0 Å². The summed E-state index contributed by atoms with van der Waals surface area (Å²) < 4.78 is 25.2. The molecule has 6 nitrogen and oxygen atoms in total. The van der Waals surface area contributed by atoms with Gasteiger partial charge in [0.15, 0.2) is 5.96 Å². The van der Waals surface area contributed by atoms with Crippen LogP contribution in [0, 0.1) is 11.7 Å². The number of guanidine groups is 1. The van der Waals surface area contributed by atoms with Crippen LogP contribution in [-0.2, 0) is 22.0 Å². The van der Waals surface area contributed by atoms with E-state index in [0.29, 0.717) is 24.7 Å². The van der Waals surface area contributed by atoms with Crippen LogP contribution in [0.3, 0.4) is 0 Å². The number of carbonyl (C=O) groups excluding carboxylic acids is 1. The molecule has 29 heavy (non-hydrogen) atoms. The molecular formula is C20H32FIN4O2S. The second-order valence-corrected chi connectivity index (χ2v) is 9.19. The molecule has 1 fully saturated rings. The van der Waals surface area contributed by atoms with Crippen LogP contribution in [-0.4, -0.2) is 46.7 Å². The molecule has 1 aliphatic rings. The summed E-state index contributed by atoms with van der Waals surface area (Å²) in [6, 6.07) is 6.29. The number of primary amides is 1. The summed E-state index contributed by atoms with van der Waals surface area (Å²) in [6.45, 7) is 2.29. The van der Waals surface area contributed by atoms with Gasteiger partial charge in [-0.1, -0.05) is 25.5 Å². The third-order valence-corrected chi connectivity index (χ3v) is 6.90. The highest BCUT2D eigenvalue weighted by molar-refractivity contribution is 14.0. The van der Waals surface area contributed by atoms with Crippen molar-refractivity contribution >= 4 is 46.6 Å². The first-order valence-electron chi connectivity index (χ1n) is 9.81. The van der Waals surface area contributed by atoms with Gasteiger partial charge in [-0.15, -0.1) is 24.0 Å². The van der Waals surface area contributed by atoms with Crippen molar-refractivity contribution in [2.45, 2.75) is 50.3 Å². The Hall–Kier alpha value is -1.23. The Balaban J connectivity index is 0.00000420. The van der Waals surface area contributed by atoms with Crippen LogP contribution in [0.5, 0.6) is 0 Å². The minimum atomic E-state index is -0.781. The van der Waals surface area contributed by atoms with Gasteiger partial charge in [-0.2, -0.15) is 0 Å². The van der Waals surface area contributed by atoms with Crippen LogP contribution in [0.1, 0.15) is 38.2 Å². The topological polar surface area (TPSA) is 96.6 Å². The molecule has 0 radical (unpaired) electrons. The van der Waals surface area contributed by atoms with Crippen molar-refractivity contribution < 1.29 is 13.4 Å². The maximum atomic E-state index is 13.1. The van der Waals surface area contributed by atoms with E-state index < -0.39 is 22.6 Å². The Morgan fingerprint density at radius 3 is 2.62 bits per heavy atom. The number of rotatable bonds is 8. The van der Waals surface area contributed by atoms with E-state index in [2.05, 4.69) is 15.6 Å². The van der Waals surface area contributed by atoms with E-state index in [4.69, 9.17) is 5.73 Å². The molecular weight excluding hydrogens is 506 g/mol. The quantitative estimate of drug-likeness (QED) is 0.269. The minimum Gasteiger partial charge on any atom is -0.369 e. The Bertz CT molecular complexity index is 702. The third-order valence-electron chi connectivity index (χ3n) is 5.16. The molecule has 1 aromatic rings. The molecule has 1 saturated carbocycles. The highest BCUT2D eigenvalue weighted by Crippen LogP contribution is 2.23. The van der Waals surface area contributed by atoms with E-state index in [1.807, 2.05) is 6.92 Å². The van der Waals surface area contributed by atoms with Gasteiger partial charge in [0, 0.05) is 41.4 Å². The van der Waals surface area contributed by atoms with Crippen molar-refractivity contribution in [2.75, 3.05) is 19.3 Å². The number of benzene rings is 1. The fraction of sp³-hybridized carbons (Fsp3) is 0.600. The molecule has 1 aliphatic carbocycles. The Kier molecular flexibility index (Phi) is 11.7. The van der Waals surface area contributed by atoms with Gasteiger partial charge in [0.2, 0.25) is 5.91 Å². The molecule has 4 unspecified atom stereocenters. The lowest BCUT2D eigenvalue weighted by Gasteiger charge is -2.30. The van der Waals surface area contributed by atoms with Gasteiger partial charge >= 0.3 is 0 Å². The molecule has 0 heterocycles. The van der Waals surface area contributed by atoms with Crippen molar-refractivity contribution in [1.29, 1.82) is 0 Å². The fourth-order valence-corrected chi connectivity index (χ4v) is 4.88. The molecule has 0 aliphatic heterocycles. The monoisotopic (exact) mass is 538 g/mol. The van der Waals surface area contributed by atoms with E-state index in [1.165, 1.54) is 12.1 Å². The summed E-state index contributed by atoms with van der Waals surface area (Å²) >= 11 is 0. The number of aliphatic imine (C=N–C) groups is 1. The minimum absolute atomic E-state index is 0. The summed E-state index contributed by atoms with van der Waals surface area (Å²) in [5, 5.41) is 6.79. The van der Waals surface area contributed by atoms with Gasteiger partial charge in [-0.25, -0.2) is 4.39 Å². The number of nitrogens with one attached hydrogen (secondary N) is 2. The first-order valence-corrected chi connectivity index (χ1v) is 11.2. The average Bonchev–Trinajstić information content (AvgIpc) is 2.70. The maximum Gasteiger partial charge on any atom is 0.222 e. The first kappa shape index (κ1) is 25.8. The van der Waals surface area contributed by atoms with Gasteiger partial charge in [0.25, 0.3) is 0 Å². The molecule has 164 valence electrons. The largest absolute Gasteiger partial charge is 0.369 e. The molecule has 4 atom stereocenters. The summed E-state index contributed by atoms with van der Waals surface area (Å²) in [4.78, 5) is 16.1. The van der Waals surface area contributed by atoms with Crippen LogP contribution in [0.25, 0.3) is 0 Å². The van der Waals surface area contributed by atoms with Crippen LogP contribution >= 0.6 is 24.0 Å². The number of carbonyl (C=O) groups is 1. The Morgan fingerprint density at radius 1 is 1.34 bits per heavy atom. The van der Waals surface area contributed by atoms with E-state index in [9.17, 15) is 13.4 Å². The van der Waals surface area contributed by atoms with Crippen LogP contribution in [0.4, 0.5) is 4.39 Å². The number of halogens is 2. The van der Waals surface area contributed by atoms with Crippen molar-refractivity contribution in [2.24, 2.45) is 16.6 Å². The molecule has 1 amide bonds. The van der Waals surface area contributed by atoms with Gasteiger partial charge in [-0.05, 0) is 43.4 Å². The van der Waals surface area contributed by atoms with Gasteiger partial charge in [0.05, 0.1) is 5.92 Å².